The first-order valence-electron chi connectivity index (χ1n) is 10.0. The molecule has 0 aliphatic carbocycles. The molecule has 4 rings (SSSR count). The summed E-state index contributed by atoms with van der Waals surface area (Å²) in [6, 6.07) is 15.3. The number of carbonyl (C=O) groups is 1. The summed E-state index contributed by atoms with van der Waals surface area (Å²) in [6.45, 7) is 5.47. The van der Waals surface area contributed by atoms with Crippen molar-refractivity contribution in [2.24, 2.45) is 10.8 Å². The van der Waals surface area contributed by atoms with Gasteiger partial charge in [-0.3, -0.25) is 4.79 Å². The lowest BCUT2D eigenvalue weighted by Crippen LogP contribution is -2.43. The molecule has 31 heavy (non-hydrogen) atoms. The molecule has 0 bridgehead atoms. The number of hydrogen-bond donors (Lipinski definition) is 0. The van der Waals surface area contributed by atoms with Gasteiger partial charge in [0.15, 0.2) is 11.2 Å². The zero-order valence-electron chi connectivity index (χ0n) is 17.4. The molecule has 2 aliphatic rings. The van der Waals surface area contributed by atoms with Crippen LogP contribution in [-0.2, 0) is 4.79 Å². The molecule has 0 radical (unpaired) electrons. The summed E-state index contributed by atoms with van der Waals surface area (Å²) in [6.07, 6.45) is 3.71. The van der Waals surface area contributed by atoms with Crippen molar-refractivity contribution in [3.8, 4) is 12.1 Å². The van der Waals surface area contributed by atoms with Gasteiger partial charge in [-0.2, -0.15) is 10.5 Å². The summed E-state index contributed by atoms with van der Waals surface area (Å²) in [5, 5.41) is 20.8. The van der Waals surface area contributed by atoms with Crippen LogP contribution in [0.3, 0.4) is 0 Å². The van der Waals surface area contributed by atoms with Gasteiger partial charge in [0.2, 0.25) is 0 Å². The van der Waals surface area contributed by atoms with Gasteiger partial charge in [-0.1, -0.05) is 51.1 Å². The average Bonchev–Trinajstić information content (AvgIpc) is 3.05. The monoisotopic (exact) mass is 477 g/mol. The number of benzene rings is 2. The second-order valence-electron chi connectivity index (χ2n) is 9.10. The van der Waals surface area contributed by atoms with Crippen LogP contribution in [0.5, 0.6) is 0 Å². The third kappa shape index (κ3) is 3.09. The van der Waals surface area contributed by atoms with Crippen molar-refractivity contribution < 1.29 is 9.18 Å². The molecule has 0 N–H and O–H groups in total. The normalized spacial score (nSPS) is 23.5. The van der Waals surface area contributed by atoms with Crippen LogP contribution in [0, 0.1) is 39.3 Å². The number of carbonyl (C=O) groups excluding carboxylic acids is 1. The second-order valence-corrected chi connectivity index (χ2v) is 9.95. The van der Waals surface area contributed by atoms with E-state index in [2.05, 4.69) is 28.1 Å². The SMILES string of the molecule is CC(C)(C)C(=O)[C@H]1[C@H](c2ccc(Br)c(F)c2)C(C#N)(C#N)[C@@H]2c3ccccc3C=CN21. The summed E-state index contributed by atoms with van der Waals surface area (Å²) < 4.78 is 14.8. The Hall–Kier alpha value is -2.96. The smallest absolute Gasteiger partial charge is 0.177 e. The maximum absolute atomic E-state index is 14.5. The van der Waals surface area contributed by atoms with E-state index in [-0.39, 0.29) is 10.3 Å². The van der Waals surface area contributed by atoms with Gasteiger partial charge in [0.25, 0.3) is 0 Å². The Morgan fingerprint density at radius 2 is 1.84 bits per heavy atom. The molecule has 2 heterocycles. The lowest BCUT2D eigenvalue weighted by molar-refractivity contribution is -0.130. The zero-order chi connectivity index (χ0) is 22.6. The quantitative estimate of drug-likeness (QED) is 0.553. The molecule has 0 saturated carbocycles. The fourth-order valence-electron chi connectivity index (χ4n) is 4.82. The van der Waals surface area contributed by atoms with E-state index in [0.29, 0.717) is 5.56 Å². The first-order chi connectivity index (χ1) is 14.7. The first kappa shape index (κ1) is 21.3. The molecule has 156 valence electrons. The molecular weight excluding hydrogens is 457 g/mol. The van der Waals surface area contributed by atoms with Crippen LogP contribution < -0.4 is 0 Å². The summed E-state index contributed by atoms with van der Waals surface area (Å²) in [7, 11) is 0. The predicted octanol–water partition coefficient (Wildman–Crippen LogP) is 5.73. The number of nitrogens with zero attached hydrogens (tertiary/aromatic N) is 3. The highest BCUT2D eigenvalue weighted by molar-refractivity contribution is 9.10. The van der Waals surface area contributed by atoms with Gasteiger partial charge in [0.05, 0.1) is 28.7 Å². The number of hydrogen-bond acceptors (Lipinski definition) is 4. The molecule has 1 fully saturated rings. The number of fused-ring (bicyclic) bond motifs is 3. The largest absolute Gasteiger partial charge is 0.357 e. The van der Waals surface area contributed by atoms with E-state index in [1.165, 1.54) is 6.07 Å². The Morgan fingerprint density at radius 1 is 1.16 bits per heavy atom. The maximum Gasteiger partial charge on any atom is 0.177 e. The Labute approximate surface area is 189 Å². The van der Waals surface area contributed by atoms with Gasteiger partial charge in [0.1, 0.15) is 5.82 Å². The second kappa shape index (κ2) is 7.32. The van der Waals surface area contributed by atoms with Gasteiger partial charge < -0.3 is 4.90 Å². The molecule has 0 aromatic heterocycles. The van der Waals surface area contributed by atoms with Crippen molar-refractivity contribution in [3.63, 3.8) is 0 Å². The molecule has 0 unspecified atom stereocenters. The summed E-state index contributed by atoms with van der Waals surface area (Å²) in [5.41, 5.74) is -0.102. The van der Waals surface area contributed by atoms with E-state index < -0.39 is 34.6 Å². The van der Waals surface area contributed by atoms with Gasteiger partial charge >= 0.3 is 0 Å². The predicted molar refractivity (Wildman–Crippen MR) is 119 cm³/mol. The van der Waals surface area contributed by atoms with Crippen molar-refractivity contribution in [2.75, 3.05) is 0 Å². The van der Waals surface area contributed by atoms with Gasteiger partial charge in [-0.25, -0.2) is 4.39 Å². The van der Waals surface area contributed by atoms with Crippen molar-refractivity contribution in [2.45, 2.75) is 38.8 Å². The number of nitriles is 2. The minimum Gasteiger partial charge on any atom is -0.357 e. The van der Waals surface area contributed by atoms with E-state index in [4.69, 9.17) is 0 Å². The maximum atomic E-state index is 14.5. The standard InChI is InChI=1S/C25H21BrFN3O/c1-24(2,3)23(31)21-20(16-8-9-18(26)19(27)12-16)25(13-28,14-29)22-17-7-5-4-6-15(17)10-11-30(21)22/h4-12,20-22H,1-3H3/t20-,21+,22-/m0/s1. The first-order valence-corrected chi connectivity index (χ1v) is 10.8. The number of rotatable bonds is 2. The summed E-state index contributed by atoms with van der Waals surface area (Å²) >= 11 is 3.17. The molecule has 0 amide bonds. The van der Waals surface area contributed by atoms with Crippen molar-refractivity contribution in [3.05, 3.63) is 75.6 Å². The molecule has 4 nitrogen and oxygen atoms in total. The molecule has 2 aliphatic heterocycles. The lowest BCUT2D eigenvalue weighted by Gasteiger charge is -2.36. The Balaban J connectivity index is 2.03. The van der Waals surface area contributed by atoms with Crippen LogP contribution in [0.4, 0.5) is 4.39 Å². The van der Waals surface area contributed by atoms with Gasteiger partial charge in [-0.05, 0) is 50.8 Å². The molecular formula is C25H21BrFN3O. The highest BCUT2D eigenvalue weighted by atomic mass is 79.9. The van der Waals surface area contributed by atoms with E-state index in [9.17, 15) is 19.7 Å². The van der Waals surface area contributed by atoms with Crippen LogP contribution in [0.2, 0.25) is 0 Å². The topological polar surface area (TPSA) is 67.9 Å². The highest BCUT2D eigenvalue weighted by Crippen LogP contribution is 2.60. The Kier molecular flexibility index (Phi) is 5.03. The summed E-state index contributed by atoms with van der Waals surface area (Å²) in [4.78, 5) is 15.5. The molecule has 6 heteroatoms. The van der Waals surface area contributed by atoms with Gasteiger partial charge in [-0.15, -0.1) is 0 Å². The molecule has 3 atom stereocenters. The van der Waals surface area contributed by atoms with Crippen LogP contribution in [0.25, 0.3) is 6.08 Å². The lowest BCUT2D eigenvalue weighted by atomic mass is 9.66. The third-order valence-electron chi connectivity index (χ3n) is 6.25. The van der Waals surface area contributed by atoms with Crippen LogP contribution in [0.1, 0.15) is 49.4 Å². The number of halogens is 2. The number of Topliss-reactive ketones (excluding diaryl/α,β-unsaturated/α-hetero) is 1. The fraction of sp³-hybridized carbons (Fsp3) is 0.320. The third-order valence-corrected chi connectivity index (χ3v) is 6.90. The summed E-state index contributed by atoms with van der Waals surface area (Å²) in [5.74, 6) is -1.41. The highest BCUT2D eigenvalue weighted by Gasteiger charge is 2.64. The fourth-order valence-corrected chi connectivity index (χ4v) is 5.06. The molecule has 2 aromatic rings. The Bertz CT molecular complexity index is 1170. The minimum absolute atomic E-state index is 0.0952. The zero-order valence-corrected chi connectivity index (χ0v) is 19.0. The van der Waals surface area contributed by atoms with E-state index >= 15 is 0 Å². The molecule has 1 saturated heterocycles. The van der Waals surface area contributed by atoms with E-state index in [1.54, 1.807) is 18.3 Å². The van der Waals surface area contributed by atoms with Crippen LogP contribution in [0.15, 0.2) is 53.1 Å². The van der Waals surface area contributed by atoms with Crippen molar-refractivity contribution >= 4 is 27.8 Å². The minimum atomic E-state index is -1.58. The van der Waals surface area contributed by atoms with Gasteiger partial charge in [0, 0.05) is 17.5 Å². The Morgan fingerprint density at radius 3 is 2.45 bits per heavy atom. The van der Waals surface area contributed by atoms with Crippen LogP contribution in [-0.4, -0.2) is 16.7 Å². The van der Waals surface area contributed by atoms with E-state index in [0.717, 1.165) is 11.1 Å². The van der Waals surface area contributed by atoms with Crippen LogP contribution >= 0.6 is 15.9 Å². The molecule has 2 aromatic carbocycles. The number of ketones is 1. The molecule has 0 spiro atoms. The van der Waals surface area contributed by atoms with Crippen molar-refractivity contribution in [1.82, 2.24) is 4.90 Å². The average molecular weight is 478 g/mol. The van der Waals surface area contributed by atoms with Crippen molar-refractivity contribution in [1.29, 1.82) is 10.5 Å². The van der Waals surface area contributed by atoms with E-state index in [1.807, 2.05) is 56.0 Å².